The Morgan fingerprint density at radius 2 is 1.83 bits per heavy atom. The molecule has 9 heteroatoms. The monoisotopic (exact) mass is 487 g/mol. The van der Waals surface area contributed by atoms with Gasteiger partial charge in [0.15, 0.2) is 0 Å². The Kier molecular flexibility index (Phi) is 7.16. The molecule has 3 aromatic rings. The van der Waals surface area contributed by atoms with Gasteiger partial charge in [0, 0.05) is 22.7 Å². The van der Waals surface area contributed by atoms with Crippen LogP contribution in [-0.2, 0) is 6.61 Å². The van der Waals surface area contributed by atoms with Crippen LogP contribution in [0.15, 0.2) is 76.3 Å². The molecule has 0 atom stereocenters. The number of benzene rings is 3. The zero-order chi connectivity index (χ0) is 21.5. The Balaban J connectivity index is 1.56. The second kappa shape index (κ2) is 10.00. The summed E-state index contributed by atoms with van der Waals surface area (Å²) in [6.07, 6.45) is 1.48. The number of carbonyl (C=O) groups is 1. The van der Waals surface area contributed by atoms with Gasteiger partial charge in [-0.05, 0) is 69.5 Å². The minimum Gasteiger partial charge on any atom is -0.488 e. The number of rotatable bonds is 7. The summed E-state index contributed by atoms with van der Waals surface area (Å²) >= 11 is 9.33. The fraction of sp³-hybridized carbons (Fsp3) is 0.0476. The number of nitro benzene ring substituents is 1. The standard InChI is InChI=1S/C21H15BrClN3O4/c22-19-11-15(3-10-20(19)30-13-14-1-6-17(23)7-2-14)12-24-25-21(27)16-4-8-18(9-5-16)26(28)29/h1-12H,13H2,(H,25,27)/b24-12+. The van der Waals surface area contributed by atoms with Crippen LogP contribution in [-0.4, -0.2) is 17.0 Å². The number of hydrazone groups is 1. The van der Waals surface area contributed by atoms with Crippen LogP contribution in [0.4, 0.5) is 5.69 Å². The number of hydrogen-bond donors (Lipinski definition) is 1. The van der Waals surface area contributed by atoms with E-state index in [1.165, 1.54) is 30.5 Å². The summed E-state index contributed by atoms with van der Waals surface area (Å²) in [6, 6.07) is 18.0. The van der Waals surface area contributed by atoms with Gasteiger partial charge in [-0.25, -0.2) is 5.43 Å². The lowest BCUT2D eigenvalue weighted by atomic mass is 10.2. The SMILES string of the molecule is O=C(N/N=C/c1ccc(OCc2ccc(Cl)cc2)c(Br)c1)c1ccc([N+](=O)[O-])cc1. The lowest BCUT2D eigenvalue weighted by Gasteiger charge is -2.09. The molecule has 0 saturated carbocycles. The Bertz CT molecular complexity index is 1090. The van der Waals surface area contributed by atoms with E-state index in [1.54, 1.807) is 30.3 Å². The molecule has 0 aliphatic rings. The van der Waals surface area contributed by atoms with Crippen LogP contribution in [0, 0.1) is 10.1 Å². The molecule has 30 heavy (non-hydrogen) atoms. The quantitative estimate of drug-likeness (QED) is 0.275. The maximum Gasteiger partial charge on any atom is 0.271 e. The van der Waals surface area contributed by atoms with E-state index in [1.807, 2.05) is 12.1 Å². The van der Waals surface area contributed by atoms with Gasteiger partial charge in [-0.1, -0.05) is 23.7 Å². The fourth-order valence-electron chi connectivity index (χ4n) is 2.42. The van der Waals surface area contributed by atoms with Crippen molar-refractivity contribution in [2.24, 2.45) is 5.10 Å². The third-order valence-electron chi connectivity index (χ3n) is 3.98. The number of nitrogens with one attached hydrogen (secondary N) is 1. The van der Waals surface area contributed by atoms with Crippen molar-refractivity contribution >= 4 is 45.3 Å². The average molecular weight is 489 g/mol. The van der Waals surface area contributed by atoms with Crippen LogP contribution in [0.25, 0.3) is 0 Å². The highest BCUT2D eigenvalue weighted by molar-refractivity contribution is 9.10. The van der Waals surface area contributed by atoms with Crippen molar-refractivity contribution in [2.75, 3.05) is 0 Å². The van der Waals surface area contributed by atoms with Gasteiger partial charge in [0.1, 0.15) is 12.4 Å². The first-order chi connectivity index (χ1) is 14.4. The van der Waals surface area contributed by atoms with E-state index in [2.05, 4.69) is 26.5 Å². The summed E-state index contributed by atoms with van der Waals surface area (Å²) in [5.74, 6) is 0.195. The zero-order valence-electron chi connectivity index (χ0n) is 15.4. The molecule has 0 aromatic heterocycles. The normalized spacial score (nSPS) is 10.7. The molecule has 3 rings (SSSR count). The highest BCUT2D eigenvalue weighted by atomic mass is 79.9. The molecule has 0 aliphatic heterocycles. The fourth-order valence-corrected chi connectivity index (χ4v) is 3.06. The van der Waals surface area contributed by atoms with Gasteiger partial charge in [-0.2, -0.15) is 5.10 Å². The van der Waals surface area contributed by atoms with Crippen LogP contribution in [0.3, 0.4) is 0 Å². The highest BCUT2D eigenvalue weighted by Gasteiger charge is 2.08. The van der Waals surface area contributed by atoms with Gasteiger partial charge in [0.2, 0.25) is 0 Å². The summed E-state index contributed by atoms with van der Waals surface area (Å²) in [5.41, 5.74) is 4.30. The summed E-state index contributed by atoms with van der Waals surface area (Å²) in [6.45, 7) is 0.397. The molecule has 3 aromatic carbocycles. The van der Waals surface area contributed by atoms with Crippen LogP contribution in [0.5, 0.6) is 5.75 Å². The second-order valence-corrected chi connectivity index (χ2v) is 7.40. The van der Waals surface area contributed by atoms with Gasteiger partial charge in [-0.3, -0.25) is 14.9 Å². The number of halogens is 2. The third kappa shape index (κ3) is 5.88. The van der Waals surface area contributed by atoms with Gasteiger partial charge in [0.25, 0.3) is 11.6 Å². The largest absolute Gasteiger partial charge is 0.488 e. The molecule has 0 fully saturated rings. The molecular weight excluding hydrogens is 474 g/mol. The Morgan fingerprint density at radius 3 is 2.47 bits per heavy atom. The zero-order valence-corrected chi connectivity index (χ0v) is 17.8. The lowest BCUT2D eigenvalue weighted by Crippen LogP contribution is -2.17. The summed E-state index contributed by atoms with van der Waals surface area (Å²) < 4.78 is 6.53. The molecule has 0 heterocycles. The van der Waals surface area contributed by atoms with Crippen LogP contribution >= 0.6 is 27.5 Å². The number of carbonyl (C=O) groups excluding carboxylic acids is 1. The van der Waals surface area contributed by atoms with E-state index in [4.69, 9.17) is 16.3 Å². The van der Waals surface area contributed by atoms with Gasteiger partial charge < -0.3 is 4.74 Å². The van der Waals surface area contributed by atoms with Crippen LogP contribution in [0.2, 0.25) is 5.02 Å². The van der Waals surface area contributed by atoms with Crippen molar-refractivity contribution in [2.45, 2.75) is 6.61 Å². The molecule has 0 saturated heterocycles. The van der Waals surface area contributed by atoms with E-state index in [-0.39, 0.29) is 11.3 Å². The second-order valence-electron chi connectivity index (χ2n) is 6.11. The Labute approximate surface area is 185 Å². The average Bonchev–Trinajstić information content (AvgIpc) is 2.74. The van der Waals surface area contributed by atoms with Crippen molar-refractivity contribution in [1.29, 1.82) is 0 Å². The first-order valence-electron chi connectivity index (χ1n) is 8.67. The topological polar surface area (TPSA) is 93.8 Å². The molecule has 0 unspecified atom stereocenters. The minimum absolute atomic E-state index is 0.0849. The van der Waals surface area contributed by atoms with Crippen LogP contribution in [0.1, 0.15) is 21.5 Å². The molecule has 1 amide bonds. The van der Waals surface area contributed by atoms with Gasteiger partial charge >= 0.3 is 0 Å². The van der Waals surface area contributed by atoms with E-state index >= 15 is 0 Å². The van der Waals surface area contributed by atoms with E-state index < -0.39 is 10.8 Å². The molecule has 0 bridgehead atoms. The number of amides is 1. The molecule has 152 valence electrons. The van der Waals surface area contributed by atoms with Crippen molar-refractivity contribution < 1.29 is 14.5 Å². The Morgan fingerprint density at radius 1 is 1.13 bits per heavy atom. The maximum absolute atomic E-state index is 12.0. The van der Waals surface area contributed by atoms with Crippen molar-refractivity contribution in [3.63, 3.8) is 0 Å². The maximum atomic E-state index is 12.0. The van der Waals surface area contributed by atoms with Crippen LogP contribution < -0.4 is 10.2 Å². The molecule has 1 N–H and O–H groups in total. The van der Waals surface area contributed by atoms with E-state index in [0.717, 1.165) is 15.6 Å². The number of ether oxygens (including phenoxy) is 1. The number of non-ortho nitro benzene ring substituents is 1. The predicted molar refractivity (Wildman–Crippen MR) is 118 cm³/mol. The van der Waals surface area contributed by atoms with Gasteiger partial charge in [-0.15, -0.1) is 0 Å². The first-order valence-corrected chi connectivity index (χ1v) is 9.84. The first kappa shape index (κ1) is 21.5. The molecule has 0 radical (unpaired) electrons. The smallest absolute Gasteiger partial charge is 0.271 e. The molecule has 0 aliphatic carbocycles. The summed E-state index contributed by atoms with van der Waals surface area (Å²) in [5, 5.41) is 15.2. The molecule has 7 nitrogen and oxygen atoms in total. The van der Waals surface area contributed by atoms with Gasteiger partial charge in [0.05, 0.1) is 15.6 Å². The van der Waals surface area contributed by atoms with E-state index in [0.29, 0.717) is 17.4 Å². The van der Waals surface area contributed by atoms with E-state index in [9.17, 15) is 14.9 Å². The third-order valence-corrected chi connectivity index (χ3v) is 4.86. The lowest BCUT2D eigenvalue weighted by molar-refractivity contribution is -0.384. The molecular formula is C21H15BrClN3O4. The predicted octanol–water partition coefficient (Wildman–Crippen LogP) is 5.35. The van der Waals surface area contributed by atoms with Crippen molar-refractivity contribution in [3.8, 4) is 5.75 Å². The minimum atomic E-state index is -0.527. The Hall–Kier alpha value is -3.23. The summed E-state index contributed by atoms with van der Waals surface area (Å²) in [4.78, 5) is 22.2. The molecule has 0 spiro atoms. The van der Waals surface area contributed by atoms with Crippen molar-refractivity contribution in [3.05, 3.63) is 103 Å². The summed E-state index contributed by atoms with van der Waals surface area (Å²) in [7, 11) is 0. The number of nitrogens with zero attached hydrogens (tertiary/aromatic N) is 2. The number of nitro groups is 1. The number of hydrogen-bond acceptors (Lipinski definition) is 5. The highest BCUT2D eigenvalue weighted by Crippen LogP contribution is 2.26. The van der Waals surface area contributed by atoms with Crippen molar-refractivity contribution in [1.82, 2.24) is 5.43 Å².